The number of nitrogens with zero attached hydrogens (tertiary/aromatic N) is 1. The van der Waals surface area contributed by atoms with Crippen molar-refractivity contribution in [1.82, 2.24) is 4.98 Å². The number of ether oxygens (including phenoxy) is 2. The van der Waals surface area contributed by atoms with Gasteiger partial charge in [-0.05, 0) is 31.9 Å². The predicted octanol–water partition coefficient (Wildman–Crippen LogP) is 2.00. The number of aromatic nitrogens is 1. The number of nitrogens with two attached hydrogens (primary N) is 1. The fourth-order valence-electron chi connectivity index (χ4n) is 1.34. The van der Waals surface area contributed by atoms with Gasteiger partial charge in [0.2, 0.25) is 0 Å². The van der Waals surface area contributed by atoms with Crippen LogP contribution < -0.4 is 5.73 Å². The smallest absolute Gasteiger partial charge is 0.433 e. The quantitative estimate of drug-likeness (QED) is 0.679. The summed E-state index contributed by atoms with van der Waals surface area (Å²) in [6.07, 6.45) is -5.39. The molecule has 1 aromatic heterocycles. The number of rotatable bonds is 4. The second-order valence-corrected chi connectivity index (χ2v) is 4.14. The number of carbonyl (C=O) groups is 1. The first kappa shape index (κ1) is 17.8. The van der Waals surface area contributed by atoms with Crippen molar-refractivity contribution in [3.05, 3.63) is 23.5 Å². The fourth-order valence-corrected chi connectivity index (χ4v) is 1.34. The molecule has 1 aromatic rings. The van der Waals surface area contributed by atoms with E-state index in [1.54, 1.807) is 6.92 Å². The third-order valence-electron chi connectivity index (χ3n) is 2.45. The average Bonchev–Trinajstić information content (AvgIpc) is 2.44. The summed E-state index contributed by atoms with van der Waals surface area (Å²) in [6, 6.07) is 1.86. The number of hydrogen-bond acceptors (Lipinski definition) is 5. The van der Waals surface area contributed by atoms with Crippen molar-refractivity contribution in [2.24, 2.45) is 0 Å². The van der Waals surface area contributed by atoms with Crippen LogP contribution >= 0.6 is 0 Å². The third-order valence-corrected chi connectivity index (χ3v) is 2.45. The van der Waals surface area contributed by atoms with Crippen molar-refractivity contribution in [2.75, 3.05) is 18.9 Å². The lowest BCUT2D eigenvalue weighted by atomic mass is 10.2. The van der Waals surface area contributed by atoms with Gasteiger partial charge in [-0.25, -0.2) is 9.78 Å². The zero-order valence-electron chi connectivity index (χ0n) is 12.0. The lowest BCUT2D eigenvalue weighted by molar-refractivity contribution is -0.154. The molecule has 0 fully saturated rings. The van der Waals surface area contributed by atoms with Crippen LogP contribution in [0.15, 0.2) is 12.1 Å². The van der Waals surface area contributed by atoms with Gasteiger partial charge >= 0.3 is 12.1 Å². The number of carbonyl (C=O) groups excluding carboxylic acids is 1. The van der Waals surface area contributed by atoms with Crippen molar-refractivity contribution >= 4 is 11.7 Å². The van der Waals surface area contributed by atoms with Gasteiger partial charge in [-0.15, -0.1) is 0 Å². The molecule has 8 heteroatoms. The van der Waals surface area contributed by atoms with E-state index in [0.717, 1.165) is 12.1 Å². The lowest BCUT2D eigenvalue weighted by Crippen LogP contribution is -2.23. The second kappa shape index (κ2) is 7.66. The molecule has 0 aliphatic carbocycles. The summed E-state index contributed by atoms with van der Waals surface area (Å²) < 4.78 is 47.4. The molecule has 0 aliphatic heterocycles. The van der Waals surface area contributed by atoms with Crippen LogP contribution in [0.4, 0.5) is 18.9 Å². The number of pyridine rings is 1. The molecule has 5 nitrogen and oxygen atoms in total. The van der Waals surface area contributed by atoms with Crippen LogP contribution in [0.5, 0.6) is 0 Å². The second-order valence-electron chi connectivity index (χ2n) is 4.14. The van der Waals surface area contributed by atoms with Gasteiger partial charge in [-0.1, -0.05) is 5.92 Å². The monoisotopic (exact) mass is 316 g/mol. The van der Waals surface area contributed by atoms with Crippen LogP contribution in [0.1, 0.15) is 25.2 Å². The molecule has 0 spiro atoms. The summed E-state index contributed by atoms with van der Waals surface area (Å²) >= 11 is 0. The number of alkyl halides is 3. The van der Waals surface area contributed by atoms with Crippen molar-refractivity contribution in [3.63, 3.8) is 0 Å². The molecule has 0 radical (unpaired) electrons. The van der Waals surface area contributed by atoms with E-state index < -0.39 is 23.9 Å². The van der Waals surface area contributed by atoms with E-state index in [4.69, 9.17) is 15.2 Å². The zero-order valence-corrected chi connectivity index (χ0v) is 12.0. The van der Waals surface area contributed by atoms with E-state index in [2.05, 4.69) is 16.8 Å². The van der Waals surface area contributed by atoms with Crippen LogP contribution in [-0.4, -0.2) is 30.3 Å². The van der Waals surface area contributed by atoms with Gasteiger partial charge in [0.05, 0.1) is 12.3 Å². The highest BCUT2D eigenvalue weighted by molar-refractivity contribution is 5.74. The van der Waals surface area contributed by atoms with Crippen LogP contribution in [0.25, 0.3) is 0 Å². The molecule has 1 unspecified atom stereocenters. The Labute approximate surface area is 125 Å². The maximum Gasteiger partial charge on any atom is 0.433 e. The molecule has 0 amide bonds. The SMILES string of the molecule is CCOC(=O)C(C)OCC#Cc1nc(C(F)(F)F)ccc1N. The summed E-state index contributed by atoms with van der Waals surface area (Å²) in [7, 11) is 0. The number of esters is 1. The highest BCUT2D eigenvalue weighted by atomic mass is 19.4. The molecule has 1 rings (SSSR count). The van der Waals surface area contributed by atoms with Crippen LogP contribution in [0.2, 0.25) is 0 Å². The number of nitrogen functional groups attached to an aromatic ring is 1. The lowest BCUT2D eigenvalue weighted by Gasteiger charge is -2.09. The van der Waals surface area contributed by atoms with Crippen molar-refractivity contribution in [1.29, 1.82) is 0 Å². The topological polar surface area (TPSA) is 74.4 Å². The molecule has 2 N–H and O–H groups in total. The average molecular weight is 316 g/mol. The van der Waals surface area contributed by atoms with Crippen LogP contribution in [-0.2, 0) is 20.4 Å². The van der Waals surface area contributed by atoms with Crippen LogP contribution in [0.3, 0.4) is 0 Å². The Morgan fingerprint density at radius 1 is 1.45 bits per heavy atom. The highest BCUT2D eigenvalue weighted by Crippen LogP contribution is 2.28. The third kappa shape index (κ3) is 5.26. The Bertz CT molecular complexity index is 591. The summed E-state index contributed by atoms with van der Waals surface area (Å²) in [5, 5.41) is 0. The van der Waals surface area contributed by atoms with Gasteiger partial charge in [-0.2, -0.15) is 13.2 Å². The van der Waals surface area contributed by atoms with Gasteiger partial charge in [0.1, 0.15) is 18.0 Å². The number of anilines is 1. The molecule has 120 valence electrons. The van der Waals surface area contributed by atoms with Crippen molar-refractivity contribution in [2.45, 2.75) is 26.1 Å². The van der Waals surface area contributed by atoms with E-state index in [1.807, 2.05) is 0 Å². The summed E-state index contributed by atoms with van der Waals surface area (Å²) in [6.45, 7) is 3.20. The van der Waals surface area contributed by atoms with Gasteiger partial charge in [0, 0.05) is 0 Å². The molecule has 0 aromatic carbocycles. The van der Waals surface area contributed by atoms with E-state index in [1.165, 1.54) is 6.92 Å². The van der Waals surface area contributed by atoms with E-state index in [-0.39, 0.29) is 24.6 Å². The van der Waals surface area contributed by atoms with Crippen molar-refractivity contribution in [3.8, 4) is 11.8 Å². The van der Waals surface area contributed by atoms with Crippen LogP contribution in [0, 0.1) is 11.8 Å². The predicted molar refractivity (Wildman–Crippen MR) is 72.6 cm³/mol. The Hall–Kier alpha value is -2.27. The van der Waals surface area contributed by atoms with Gasteiger partial charge in [-0.3, -0.25) is 0 Å². The zero-order chi connectivity index (χ0) is 16.8. The first-order valence-electron chi connectivity index (χ1n) is 6.36. The standard InChI is InChI=1S/C14H15F3N2O3/c1-3-21-13(20)9(2)22-8-4-5-11-10(18)6-7-12(19-11)14(15,16)17/h6-7,9H,3,8,18H2,1-2H3. The van der Waals surface area contributed by atoms with Crippen molar-refractivity contribution < 1.29 is 27.4 Å². The molecule has 0 saturated carbocycles. The molecule has 1 heterocycles. The summed E-state index contributed by atoms with van der Waals surface area (Å²) in [5.41, 5.74) is 4.27. The minimum absolute atomic E-state index is 0.0268. The van der Waals surface area contributed by atoms with E-state index in [0.29, 0.717) is 0 Å². The molecular weight excluding hydrogens is 301 g/mol. The Kier molecular flexibility index (Phi) is 6.19. The largest absolute Gasteiger partial charge is 0.464 e. The van der Waals surface area contributed by atoms with E-state index in [9.17, 15) is 18.0 Å². The summed E-state index contributed by atoms with van der Waals surface area (Å²) in [4.78, 5) is 14.6. The molecule has 0 saturated heterocycles. The number of halogens is 3. The maximum atomic E-state index is 12.5. The first-order valence-corrected chi connectivity index (χ1v) is 6.36. The summed E-state index contributed by atoms with van der Waals surface area (Å²) in [5.74, 6) is 4.31. The minimum Gasteiger partial charge on any atom is -0.464 e. The molecule has 22 heavy (non-hydrogen) atoms. The highest BCUT2D eigenvalue weighted by Gasteiger charge is 2.32. The maximum absolute atomic E-state index is 12.5. The molecular formula is C14H15F3N2O3. The van der Waals surface area contributed by atoms with Gasteiger partial charge in [0.25, 0.3) is 0 Å². The molecule has 0 bridgehead atoms. The van der Waals surface area contributed by atoms with E-state index >= 15 is 0 Å². The van der Waals surface area contributed by atoms with Gasteiger partial charge < -0.3 is 15.2 Å². The fraction of sp³-hybridized carbons (Fsp3) is 0.429. The number of hydrogen-bond donors (Lipinski definition) is 1. The minimum atomic E-state index is -4.57. The van der Waals surface area contributed by atoms with Gasteiger partial charge in [0.15, 0.2) is 6.10 Å². The Morgan fingerprint density at radius 2 is 2.14 bits per heavy atom. The first-order chi connectivity index (χ1) is 10.3. The normalized spacial score (nSPS) is 12.2. The Balaban J connectivity index is 2.70. The molecule has 1 atom stereocenters. The molecule has 0 aliphatic rings. The Morgan fingerprint density at radius 3 is 2.73 bits per heavy atom.